The van der Waals surface area contributed by atoms with Gasteiger partial charge in [-0.05, 0) is 32.4 Å². The van der Waals surface area contributed by atoms with Crippen LogP contribution in [0.1, 0.15) is 26.3 Å². The van der Waals surface area contributed by atoms with Gasteiger partial charge in [-0.1, -0.05) is 0 Å². The maximum atomic E-state index is 12.3. The highest BCUT2D eigenvalue weighted by molar-refractivity contribution is 5.86. The minimum atomic E-state index is -4.42. The van der Waals surface area contributed by atoms with Crippen molar-refractivity contribution in [1.82, 2.24) is 20.1 Å². The molecule has 158 valence electrons. The summed E-state index contributed by atoms with van der Waals surface area (Å²) in [7, 11) is 1.76. The third-order valence-electron chi connectivity index (χ3n) is 3.78. The minimum Gasteiger partial charge on any atom is -0.468 e. The molecule has 0 aromatic carbocycles. The van der Waals surface area contributed by atoms with Gasteiger partial charge in [0, 0.05) is 38.9 Å². The minimum absolute atomic E-state index is 0.00940. The van der Waals surface area contributed by atoms with Gasteiger partial charge in [-0.3, -0.25) is 4.79 Å². The van der Waals surface area contributed by atoms with Gasteiger partial charge < -0.3 is 19.9 Å². The molecule has 0 saturated carbocycles. The van der Waals surface area contributed by atoms with Gasteiger partial charge in [-0.25, -0.2) is 9.98 Å². The van der Waals surface area contributed by atoms with Crippen molar-refractivity contribution < 1.29 is 22.7 Å². The van der Waals surface area contributed by atoms with E-state index in [-0.39, 0.29) is 24.9 Å². The molecule has 0 radical (unpaired) electrons. The molecule has 1 aromatic rings. The first-order valence-electron chi connectivity index (χ1n) is 9.11. The normalized spacial score (nSPS) is 11.9. The van der Waals surface area contributed by atoms with Crippen molar-refractivity contribution >= 4 is 11.9 Å². The van der Waals surface area contributed by atoms with E-state index >= 15 is 0 Å². The highest BCUT2D eigenvalue weighted by atomic mass is 19.4. The number of aromatic nitrogens is 1. The zero-order valence-corrected chi connectivity index (χ0v) is 16.7. The summed E-state index contributed by atoms with van der Waals surface area (Å²) in [6.45, 7) is 6.60. The van der Waals surface area contributed by atoms with Crippen molar-refractivity contribution in [3.8, 4) is 5.88 Å². The zero-order valence-electron chi connectivity index (χ0n) is 16.7. The number of likely N-dealkylation sites (N-methyl/N-ethyl adjacent to an activating group) is 2. The number of carbonyl (C=O) groups excluding carboxylic acids is 1. The lowest BCUT2D eigenvalue weighted by molar-refractivity contribution is -0.154. The van der Waals surface area contributed by atoms with Gasteiger partial charge in [0.05, 0.1) is 13.1 Å². The Kier molecular flexibility index (Phi) is 9.54. The monoisotopic (exact) mass is 403 g/mol. The standard InChI is InChI=1S/C18H28F3N5O2/c1-5-22-17(25(4)12-16(27)26(6-2)7-3)24-11-14-8-9-23-15(10-14)28-13-18(19,20)21/h8-10H,5-7,11-13H2,1-4H3,(H,22,24). The molecular formula is C18H28F3N5O2. The van der Waals surface area contributed by atoms with Gasteiger partial charge in [0.2, 0.25) is 11.8 Å². The fraction of sp³-hybridized carbons (Fsp3) is 0.611. The molecule has 0 fully saturated rings. The van der Waals surface area contributed by atoms with Crippen LogP contribution in [0.4, 0.5) is 13.2 Å². The van der Waals surface area contributed by atoms with Gasteiger partial charge in [0.15, 0.2) is 12.6 Å². The maximum Gasteiger partial charge on any atom is 0.422 e. The second-order valence-electron chi connectivity index (χ2n) is 6.00. The molecule has 28 heavy (non-hydrogen) atoms. The van der Waals surface area contributed by atoms with Crippen LogP contribution in [0.15, 0.2) is 23.3 Å². The molecule has 0 unspecified atom stereocenters. The Balaban J connectivity index is 2.79. The molecule has 1 heterocycles. The third kappa shape index (κ3) is 8.45. The van der Waals surface area contributed by atoms with E-state index in [1.807, 2.05) is 20.8 Å². The Labute approximate surface area is 163 Å². The summed E-state index contributed by atoms with van der Waals surface area (Å²) in [5.74, 6) is 0.405. The van der Waals surface area contributed by atoms with Crippen LogP contribution in [0, 0.1) is 0 Å². The number of halogens is 3. The topological polar surface area (TPSA) is 70.1 Å². The van der Waals surface area contributed by atoms with Gasteiger partial charge in [0.1, 0.15) is 0 Å². The molecule has 10 heteroatoms. The summed E-state index contributed by atoms with van der Waals surface area (Å²) in [4.78, 5) is 23.9. The number of nitrogens with zero attached hydrogens (tertiary/aromatic N) is 4. The van der Waals surface area contributed by atoms with E-state index < -0.39 is 12.8 Å². The number of nitrogens with one attached hydrogen (secondary N) is 1. The molecule has 0 atom stereocenters. The van der Waals surface area contributed by atoms with E-state index in [9.17, 15) is 18.0 Å². The van der Waals surface area contributed by atoms with E-state index in [0.717, 1.165) is 0 Å². The summed E-state index contributed by atoms with van der Waals surface area (Å²) in [6, 6.07) is 3.06. The number of ether oxygens (including phenoxy) is 1. The average Bonchev–Trinajstić information content (AvgIpc) is 2.64. The molecule has 1 rings (SSSR count). The molecular weight excluding hydrogens is 375 g/mol. The molecule has 1 amide bonds. The predicted octanol–water partition coefficient (Wildman–Crippen LogP) is 2.29. The Hall–Kier alpha value is -2.52. The van der Waals surface area contributed by atoms with E-state index in [0.29, 0.717) is 31.2 Å². The van der Waals surface area contributed by atoms with Crippen LogP contribution in [0.2, 0.25) is 0 Å². The molecule has 0 bridgehead atoms. The fourth-order valence-corrected chi connectivity index (χ4v) is 2.37. The Morgan fingerprint density at radius 3 is 2.54 bits per heavy atom. The number of hydrogen-bond acceptors (Lipinski definition) is 4. The summed E-state index contributed by atoms with van der Waals surface area (Å²) >= 11 is 0. The summed E-state index contributed by atoms with van der Waals surface area (Å²) in [6.07, 6.45) is -3.05. The second kappa shape index (κ2) is 11.4. The molecule has 0 saturated heterocycles. The first-order chi connectivity index (χ1) is 13.2. The van der Waals surface area contributed by atoms with Crippen LogP contribution < -0.4 is 10.1 Å². The van der Waals surface area contributed by atoms with Crippen LogP contribution in [0.25, 0.3) is 0 Å². The lowest BCUT2D eigenvalue weighted by atomic mass is 10.3. The van der Waals surface area contributed by atoms with Crippen molar-refractivity contribution in [2.45, 2.75) is 33.5 Å². The molecule has 0 aliphatic rings. The van der Waals surface area contributed by atoms with Crippen molar-refractivity contribution in [2.75, 3.05) is 39.8 Å². The SMILES string of the molecule is CCNC(=NCc1ccnc(OCC(F)(F)F)c1)N(C)CC(=O)N(CC)CC. The van der Waals surface area contributed by atoms with Gasteiger partial charge in [-0.15, -0.1) is 0 Å². The number of alkyl halides is 3. The number of guanidine groups is 1. The molecule has 1 N–H and O–H groups in total. The Morgan fingerprint density at radius 2 is 1.96 bits per heavy atom. The number of carbonyl (C=O) groups is 1. The quantitative estimate of drug-likeness (QED) is 0.506. The highest BCUT2D eigenvalue weighted by Gasteiger charge is 2.28. The average molecular weight is 403 g/mol. The molecule has 0 aliphatic carbocycles. The molecule has 1 aromatic heterocycles. The number of hydrogen-bond donors (Lipinski definition) is 1. The lowest BCUT2D eigenvalue weighted by Crippen LogP contribution is -2.45. The van der Waals surface area contributed by atoms with Crippen LogP contribution >= 0.6 is 0 Å². The number of aliphatic imine (C=N–C) groups is 1. The van der Waals surface area contributed by atoms with Crippen LogP contribution in [0.3, 0.4) is 0 Å². The highest BCUT2D eigenvalue weighted by Crippen LogP contribution is 2.17. The first kappa shape index (κ1) is 23.5. The number of rotatable bonds is 9. The summed E-state index contributed by atoms with van der Waals surface area (Å²) < 4.78 is 41.4. The fourth-order valence-electron chi connectivity index (χ4n) is 2.37. The third-order valence-corrected chi connectivity index (χ3v) is 3.78. The predicted molar refractivity (Wildman–Crippen MR) is 101 cm³/mol. The van der Waals surface area contributed by atoms with Crippen LogP contribution in [0.5, 0.6) is 5.88 Å². The van der Waals surface area contributed by atoms with Gasteiger partial charge in [-0.2, -0.15) is 13.2 Å². The Morgan fingerprint density at radius 1 is 1.29 bits per heavy atom. The van der Waals surface area contributed by atoms with E-state index in [1.54, 1.807) is 22.9 Å². The summed E-state index contributed by atoms with van der Waals surface area (Å²) in [5, 5.41) is 3.10. The summed E-state index contributed by atoms with van der Waals surface area (Å²) in [5.41, 5.74) is 0.644. The zero-order chi connectivity index (χ0) is 21.2. The van der Waals surface area contributed by atoms with E-state index in [2.05, 4.69) is 20.0 Å². The maximum absolute atomic E-state index is 12.3. The first-order valence-corrected chi connectivity index (χ1v) is 9.11. The van der Waals surface area contributed by atoms with Crippen molar-refractivity contribution in [3.05, 3.63) is 23.9 Å². The molecule has 0 spiro atoms. The number of pyridine rings is 1. The van der Waals surface area contributed by atoms with Crippen LogP contribution in [-0.4, -0.2) is 72.7 Å². The van der Waals surface area contributed by atoms with Gasteiger partial charge >= 0.3 is 6.18 Å². The lowest BCUT2D eigenvalue weighted by Gasteiger charge is -2.25. The van der Waals surface area contributed by atoms with E-state index in [1.165, 1.54) is 12.3 Å². The van der Waals surface area contributed by atoms with Crippen molar-refractivity contribution in [1.29, 1.82) is 0 Å². The van der Waals surface area contributed by atoms with Crippen molar-refractivity contribution in [3.63, 3.8) is 0 Å². The second-order valence-corrected chi connectivity index (χ2v) is 6.00. The smallest absolute Gasteiger partial charge is 0.422 e. The number of amides is 1. The van der Waals surface area contributed by atoms with Gasteiger partial charge in [0.25, 0.3) is 0 Å². The van der Waals surface area contributed by atoms with Crippen molar-refractivity contribution in [2.24, 2.45) is 4.99 Å². The molecule has 0 aliphatic heterocycles. The Bertz CT molecular complexity index is 648. The van der Waals surface area contributed by atoms with E-state index in [4.69, 9.17) is 0 Å². The largest absolute Gasteiger partial charge is 0.468 e. The molecule has 7 nitrogen and oxygen atoms in total. The van der Waals surface area contributed by atoms with Crippen LogP contribution in [-0.2, 0) is 11.3 Å².